The van der Waals surface area contributed by atoms with E-state index in [1.54, 1.807) is 24.3 Å². The van der Waals surface area contributed by atoms with Gasteiger partial charge in [0.15, 0.2) is 5.84 Å². The number of amidine groups is 1. The maximum Gasteiger partial charge on any atom is 0.266 e. The Kier molecular flexibility index (Phi) is 5.18. The lowest BCUT2D eigenvalue weighted by molar-refractivity contribution is 0.103. The predicted octanol–water partition coefficient (Wildman–Crippen LogP) is 2.89. The normalized spacial score (nSPS) is 11.2. The molecule has 6 nitrogen and oxygen atoms in total. The van der Waals surface area contributed by atoms with E-state index in [2.05, 4.69) is 26.4 Å². The Bertz CT molecular complexity index is 672. The molecule has 2 rings (SSSR count). The van der Waals surface area contributed by atoms with Crippen molar-refractivity contribution < 1.29 is 14.7 Å². The molecule has 1 aromatic heterocycles. The van der Waals surface area contributed by atoms with Crippen LogP contribution in [0.3, 0.4) is 0 Å². The van der Waals surface area contributed by atoms with Gasteiger partial charge in [-0.2, -0.15) is 0 Å². The predicted molar refractivity (Wildman–Crippen MR) is 85.3 cm³/mol. The van der Waals surface area contributed by atoms with Crippen molar-refractivity contribution in [1.82, 2.24) is 0 Å². The Morgan fingerprint density at radius 1 is 1.48 bits per heavy atom. The summed E-state index contributed by atoms with van der Waals surface area (Å²) in [6, 6.07) is 8.66. The highest BCUT2D eigenvalue weighted by molar-refractivity contribution is 9.10. The summed E-state index contributed by atoms with van der Waals surface area (Å²) < 4.78 is 6.08. The van der Waals surface area contributed by atoms with Crippen molar-refractivity contribution in [3.05, 3.63) is 45.1 Å². The van der Waals surface area contributed by atoms with Crippen LogP contribution in [0.25, 0.3) is 0 Å². The number of nitrogens with one attached hydrogen (secondary N) is 1. The van der Waals surface area contributed by atoms with E-state index in [9.17, 15) is 4.79 Å². The number of amides is 1. The molecule has 0 saturated heterocycles. The summed E-state index contributed by atoms with van der Waals surface area (Å²) in [6.07, 6.45) is 0. The quantitative estimate of drug-likeness (QED) is 0.326. The summed E-state index contributed by atoms with van der Waals surface area (Å²) in [5.74, 6) is 0.266. The zero-order valence-corrected chi connectivity index (χ0v) is 13.1. The van der Waals surface area contributed by atoms with Gasteiger partial charge < -0.3 is 21.0 Å². The molecule has 0 fully saturated rings. The fraction of sp³-hybridized carbons (Fsp3) is 0.0769. The van der Waals surface area contributed by atoms with E-state index < -0.39 is 0 Å². The molecule has 0 aliphatic heterocycles. The van der Waals surface area contributed by atoms with Crippen LogP contribution in [0.2, 0.25) is 0 Å². The molecule has 0 aliphatic rings. The van der Waals surface area contributed by atoms with Crippen LogP contribution in [0.5, 0.6) is 5.75 Å². The summed E-state index contributed by atoms with van der Waals surface area (Å²) in [5.41, 5.74) is 5.92. The van der Waals surface area contributed by atoms with Gasteiger partial charge in [-0.25, -0.2) is 0 Å². The van der Waals surface area contributed by atoms with E-state index in [-0.39, 0.29) is 18.3 Å². The second-order valence-corrected chi connectivity index (χ2v) is 5.73. The molecule has 0 aliphatic carbocycles. The average molecular weight is 370 g/mol. The number of thiophene rings is 1. The minimum absolute atomic E-state index is 0.0352. The van der Waals surface area contributed by atoms with Crippen LogP contribution in [0, 0.1) is 0 Å². The highest BCUT2D eigenvalue weighted by Crippen LogP contribution is 2.24. The third kappa shape index (κ3) is 4.20. The van der Waals surface area contributed by atoms with E-state index in [0.717, 1.165) is 4.47 Å². The Hall–Kier alpha value is -2.06. The molecule has 0 unspecified atom stereocenters. The van der Waals surface area contributed by atoms with E-state index in [1.165, 1.54) is 11.3 Å². The summed E-state index contributed by atoms with van der Waals surface area (Å²) in [4.78, 5) is 12.7. The molecule has 4 N–H and O–H groups in total. The SMILES string of the molecule is NC(COc1cccc(NC(=O)c2sccc2Br)c1)=NO. The lowest BCUT2D eigenvalue weighted by Crippen LogP contribution is -2.20. The fourth-order valence-electron chi connectivity index (χ4n) is 1.49. The van der Waals surface area contributed by atoms with Crippen molar-refractivity contribution in [2.75, 3.05) is 11.9 Å². The van der Waals surface area contributed by atoms with Gasteiger partial charge in [-0.15, -0.1) is 11.3 Å². The number of anilines is 1. The standard InChI is InChI=1S/C13H12BrN3O3S/c14-10-4-5-21-12(10)13(18)16-8-2-1-3-9(6-8)20-7-11(15)17-19/h1-6,19H,7H2,(H2,15,17)(H,16,18). The lowest BCUT2D eigenvalue weighted by atomic mass is 10.3. The first kappa shape index (κ1) is 15.3. The number of nitrogens with two attached hydrogens (primary N) is 1. The lowest BCUT2D eigenvalue weighted by Gasteiger charge is -2.08. The molecule has 0 bridgehead atoms. The molecule has 0 saturated carbocycles. The topological polar surface area (TPSA) is 96.9 Å². The molecule has 0 radical (unpaired) electrons. The van der Waals surface area contributed by atoms with Gasteiger partial charge in [0.2, 0.25) is 0 Å². The second-order valence-electron chi connectivity index (χ2n) is 3.96. The number of benzene rings is 1. The number of ether oxygens (including phenoxy) is 1. The van der Waals surface area contributed by atoms with Crippen molar-refractivity contribution in [2.24, 2.45) is 10.9 Å². The van der Waals surface area contributed by atoms with Crippen molar-refractivity contribution in [1.29, 1.82) is 0 Å². The molecule has 1 heterocycles. The molecular formula is C13H12BrN3O3S. The van der Waals surface area contributed by atoms with E-state index in [1.807, 2.05) is 11.4 Å². The maximum absolute atomic E-state index is 12.1. The number of oxime groups is 1. The summed E-state index contributed by atoms with van der Waals surface area (Å²) in [5, 5.41) is 15.9. The summed E-state index contributed by atoms with van der Waals surface area (Å²) in [6.45, 7) is -0.0373. The van der Waals surface area contributed by atoms with E-state index >= 15 is 0 Å². The van der Waals surface area contributed by atoms with Crippen LogP contribution in [0.15, 0.2) is 45.3 Å². The minimum atomic E-state index is -0.203. The van der Waals surface area contributed by atoms with Crippen LogP contribution in [0.1, 0.15) is 9.67 Å². The summed E-state index contributed by atoms with van der Waals surface area (Å²) in [7, 11) is 0. The third-order valence-electron chi connectivity index (χ3n) is 2.43. The first-order chi connectivity index (χ1) is 10.1. The van der Waals surface area contributed by atoms with Gasteiger partial charge >= 0.3 is 0 Å². The van der Waals surface area contributed by atoms with Crippen LogP contribution < -0.4 is 15.8 Å². The highest BCUT2D eigenvalue weighted by atomic mass is 79.9. The molecule has 0 spiro atoms. The van der Waals surface area contributed by atoms with Crippen molar-refractivity contribution in [3.8, 4) is 5.75 Å². The van der Waals surface area contributed by atoms with Crippen molar-refractivity contribution in [2.45, 2.75) is 0 Å². The number of carbonyl (C=O) groups is 1. The largest absolute Gasteiger partial charge is 0.485 e. The first-order valence-corrected chi connectivity index (χ1v) is 7.51. The van der Waals surface area contributed by atoms with Gasteiger partial charge in [0.25, 0.3) is 5.91 Å². The number of hydrogen-bond donors (Lipinski definition) is 3. The smallest absolute Gasteiger partial charge is 0.266 e. The Balaban J connectivity index is 2.04. The van der Waals surface area contributed by atoms with Crippen LogP contribution >= 0.6 is 27.3 Å². The van der Waals surface area contributed by atoms with Crippen molar-refractivity contribution in [3.63, 3.8) is 0 Å². The van der Waals surface area contributed by atoms with Gasteiger partial charge in [-0.3, -0.25) is 4.79 Å². The number of nitrogens with zero attached hydrogens (tertiary/aromatic N) is 1. The molecule has 0 atom stereocenters. The second kappa shape index (κ2) is 7.09. The van der Waals surface area contributed by atoms with E-state index in [4.69, 9.17) is 15.7 Å². The number of carbonyl (C=O) groups excluding carboxylic acids is 1. The fourth-order valence-corrected chi connectivity index (χ4v) is 2.94. The van der Waals surface area contributed by atoms with E-state index in [0.29, 0.717) is 16.3 Å². The van der Waals surface area contributed by atoms with Crippen LogP contribution in [-0.4, -0.2) is 23.6 Å². The Morgan fingerprint density at radius 2 is 2.29 bits per heavy atom. The van der Waals surface area contributed by atoms with Gasteiger partial charge in [-0.05, 0) is 39.5 Å². The van der Waals surface area contributed by atoms with Crippen LogP contribution in [0.4, 0.5) is 5.69 Å². The maximum atomic E-state index is 12.1. The van der Waals surface area contributed by atoms with Crippen LogP contribution in [-0.2, 0) is 0 Å². The molecule has 1 amide bonds. The number of halogens is 1. The monoisotopic (exact) mass is 369 g/mol. The number of rotatable bonds is 5. The molecular weight excluding hydrogens is 358 g/mol. The first-order valence-electron chi connectivity index (χ1n) is 5.83. The summed E-state index contributed by atoms with van der Waals surface area (Å²) >= 11 is 4.67. The average Bonchev–Trinajstić information content (AvgIpc) is 2.91. The molecule has 2 aromatic rings. The third-order valence-corrected chi connectivity index (χ3v) is 4.27. The Labute approximate surface area is 133 Å². The Morgan fingerprint density at radius 3 is 2.95 bits per heavy atom. The number of hydrogen-bond acceptors (Lipinski definition) is 5. The molecule has 1 aromatic carbocycles. The highest BCUT2D eigenvalue weighted by Gasteiger charge is 2.11. The minimum Gasteiger partial charge on any atom is -0.485 e. The zero-order valence-electron chi connectivity index (χ0n) is 10.7. The van der Waals surface area contributed by atoms with Crippen molar-refractivity contribution >= 4 is 44.7 Å². The van der Waals surface area contributed by atoms with Gasteiger partial charge in [-0.1, -0.05) is 11.2 Å². The van der Waals surface area contributed by atoms with Gasteiger partial charge in [0.1, 0.15) is 17.2 Å². The van der Waals surface area contributed by atoms with Gasteiger partial charge in [0, 0.05) is 16.2 Å². The molecule has 21 heavy (non-hydrogen) atoms. The zero-order chi connectivity index (χ0) is 15.2. The molecule has 110 valence electrons. The molecule has 8 heteroatoms. The van der Waals surface area contributed by atoms with Gasteiger partial charge in [0.05, 0.1) is 0 Å².